The Morgan fingerprint density at radius 3 is 2.81 bits per heavy atom. The molecule has 3 atom stereocenters. The van der Waals surface area contributed by atoms with E-state index in [9.17, 15) is 4.79 Å². The number of pyridine rings is 1. The van der Waals surface area contributed by atoms with Gasteiger partial charge >= 0.3 is 0 Å². The van der Waals surface area contributed by atoms with Crippen molar-refractivity contribution >= 4 is 33.9 Å². The molecule has 1 saturated heterocycles. The van der Waals surface area contributed by atoms with E-state index in [1.54, 1.807) is 19.1 Å². The van der Waals surface area contributed by atoms with Crippen LogP contribution in [0.2, 0.25) is 0 Å². The maximum atomic E-state index is 15.5. The quantitative estimate of drug-likeness (QED) is 0.337. The Balaban J connectivity index is 1.19. The van der Waals surface area contributed by atoms with Crippen molar-refractivity contribution in [1.29, 1.82) is 0 Å². The Morgan fingerprint density at radius 1 is 1.19 bits per heavy atom. The van der Waals surface area contributed by atoms with E-state index in [1.165, 1.54) is 36.7 Å². The zero-order valence-corrected chi connectivity index (χ0v) is 23.5. The number of ether oxygens (including phenoxy) is 1. The van der Waals surface area contributed by atoms with Gasteiger partial charge in [0, 0.05) is 37.1 Å². The summed E-state index contributed by atoms with van der Waals surface area (Å²) in [6.45, 7) is 3.28. The monoisotopic (exact) mass is 591 g/mol. The molecular weight excluding hydrogens is 564 g/mol. The van der Waals surface area contributed by atoms with E-state index < -0.39 is 21.9 Å². The molecule has 1 aliphatic carbocycles. The average molecular weight is 592 g/mol. The molecule has 2 aliphatic heterocycles. The summed E-state index contributed by atoms with van der Waals surface area (Å²) >= 11 is 1.25. The molecule has 42 heavy (non-hydrogen) atoms. The van der Waals surface area contributed by atoms with Crippen molar-refractivity contribution in [3.63, 3.8) is 0 Å². The minimum Gasteiger partial charge on any atom is -0.482 e. The van der Waals surface area contributed by atoms with Gasteiger partial charge in [0.05, 0.1) is 29.1 Å². The summed E-state index contributed by atoms with van der Waals surface area (Å²) in [5, 5.41) is 0.204. The number of oxazole rings is 1. The summed E-state index contributed by atoms with van der Waals surface area (Å²) in [6.07, 6.45) is 8.52. The van der Waals surface area contributed by atoms with Gasteiger partial charge in [0.15, 0.2) is 23.4 Å². The largest absolute Gasteiger partial charge is 0.482 e. The van der Waals surface area contributed by atoms with Crippen LogP contribution < -0.4 is 10.5 Å². The Bertz CT molecular complexity index is 1730. The van der Waals surface area contributed by atoms with Gasteiger partial charge in [-0.3, -0.25) is 9.79 Å². The van der Waals surface area contributed by atoms with Crippen molar-refractivity contribution < 1.29 is 22.7 Å². The van der Waals surface area contributed by atoms with E-state index in [0.29, 0.717) is 53.4 Å². The van der Waals surface area contributed by atoms with Gasteiger partial charge in [0.25, 0.3) is 0 Å². The first-order chi connectivity index (χ1) is 20.3. The number of carbonyl (C=O) groups excluding carboxylic acids is 1. The van der Waals surface area contributed by atoms with Crippen molar-refractivity contribution in [3.05, 3.63) is 77.5 Å². The topological polar surface area (TPSA) is 133 Å². The molecule has 1 saturated carbocycles. The molecule has 10 nitrogen and oxygen atoms in total. The standard InChI is InChI=1S/C29H27F2N7O3S/c1-28(22-12-29(22,42-27(32)37-28)26(39)38-5-2-3-6-38)18-8-16(9-19(30)24(18)31)10-20-25-21(36-15-35-20)11-17(13-34-25)41-14-23-33-4-7-40-23/h4,7-9,11,13,15,22H,2-3,5-6,10,12,14H2,1H3,(H2,32,37)/t22-,28+,29-/m0/s1. The van der Waals surface area contributed by atoms with Crippen molar-refractivity contribution in [2.24, 2.45) is 16.6 Å². The lowest BCUT2D eigenvalue weighted by Crippen LogP contribution is -2.45. The minimum absolute atomic E-state index is 0.0124. The summed E-state index contributed by atoms with van der Waals surface area (Å²) in [5.74, 6) is -1.39. The second-order valence-electron chi connectivity index (χ2n) is 11.0. The molecule has 13 heteroatoms. The van der Waals surface area contributed by atoms with Gasteiger partial charge in [-0.2, -0.15) is 0 Å². The van der Waals surface area contributed by atoms with E-state index in [4.69, 9.17) is 14.9 Å². The van der Waals surface area contributed by atoms with Crippen molar-refractivity contribution in [3.8, 4) is 5.75 Å². The number of amides is 1. The molecule has 0 radical (unpaired) electrons. The van der Waals surface area contributed by atoms with Crippen LogP contribution in [0.1, 0.15) is 48.9 Å². The maximum Gasteiger partial charge on any atom is 0.239 e. The Kier molecular flexibility index (Phi) is 6.37. The average Bonchev–Trinajstić information content (AvgIpc) is 3.32. The van der Waals surface area contributed by atoms with Crippen molar-refractivity contribution in [2.45, 2.75) is 49.5 Å². The first-order valence-corrected chi connectivity index (χ1v) is 14.5. The zero-order chi connectivity index (χ0) is 29.1. The Labute approximate surface area is 243 Å². The van der Waals surface area contributed by atoms with Crippen LogP contribution in [0.4, 0.5) is 8.78 Å². The molecular formula is C29H27F2N7O3S. The first kappa shape index (κ1) is 26.7. The predicted molar refractivity (Wildman–Crippen MR) is 151 cm³/mol. The number of likely N-dealkylation sites (tertiary alicyclic amines) is 1. The summed E-state index contributed by atoms with van der Waals surface area (Å²) in [6, 6.07) is 4.48. The number of rotatable bonds is 7. The molecule has 0 unspecified atom stereocenters. The van der Waals surface area contributed by atoms with Crippen molar-refractivity contribution in [2.75, 3.05) is 13.1 Å². The number of carbonyl (C=O) groups is 1. The van der Waals surface area contributed by atoms with Crippen LogP contribution in [-0.2, 0) is 23.4 Å². The lowest BCUT2D eigenvalue weighted by atomic mass is 9.84. The zero-order valence-electron chi connectivity index (χ0n) is 22.7. The molecule has 1 amide bonds. The summed E-state index contributed by atoms with van der Waals surface area (Å²) < 4.78 is 40.8. The number of thioether (sulfide) groups is 1. The normalized spacial score (nSPS) is 24.9. The molecule has 2 fully saturated rings. The lowest BCUT2D eigenvalue weighted by molar-refractivity contribution is -0.130. The third-order valence-electron chi connectivity index (χ3n) is 8.35. The highest BCUT2D eigenvalue weighted by Crippen LogP contribution is 2.66. The Hall–Kier alpha value is -4.13. The second kappa shape index (κ2) is 10.0. The number of nitrogens with zero attached hydrogens (tertiary/aromatic N) is 6. The van der Waals surface area contributed by atoms with Crippen LogP contribution in [0.5, 0.6) is 5.75 Å². The Morgan fingerprint density at radius 2 is 2.02 bits per heavy atom. The molecule has 7 rings (SSSR count). The molecule has 216 valence electrons. The van der Waals surface area contributed by atoms with Gasteiger partial charge in [-0.25, -0.2) is 28.7 Å². The van der Waals surface area contributed by atoms with Gasteiger partial charge in [-0.1, -0.05) is 11.8 Å². The summed E-state index contributed by atoms with van der Waals surface area (Å²) in [7, 11) is 0. The molecule has 3 aliphatic rings. The van der Waals surface area contributed by atoms with Crippen LogP contribution in [-0.4, -0.2) is 53.7 Å². The van der Waals surface area contributed by atoms with Gasteiger partial charge in [0.1, 0.15) is 28.6 Å². The minimum atomic E-state index is -1.20. The highest BCUT2D eigenvalue weighted by molar-refractivity contribution is 8.15. The maximum absolute atomic E-state index is 15.5. The SMILES string of the molecule is C[C@]1(c2cc(Cc3ncnc4cc(OCc5ncco5)cnc34)cc(F)c2F)N=C(N)S[C@@]2(C(=O)N3CCCC3)C[C@H]21. The van der Waals surface area contributed by atoms with E-state index in [2.05, 4.69) is 24.9 Å². The number of halogens is 2. The second-order valence-corrected chi connectivity index (χ2v) is 12.4. The highest BCUT2D eigenvalue weighted by atomic mass is 32.2. The predicted octanol–water partition coefficient (Wildman–Crippen LogP) is 4.12. The molecule has 4 aromatic rings. The molecule has 2 N–H and O–H groups in total. The number of hydrogen-bond donors (Lipinski definition) is 1. The number of aliphatic imine (C=N–C) groups is 1. The smallest absolute Gasteiger partial charge is 0.239 e. The first-order valence-electron chi connectivity index (χ1n) is 13.7. The number of nitrogens with two attached hydrogens (primary N) is 1. The fourth-order valence-corrected chi connectivity index (χ4v) is 7.65. The molecule has 0 spiro atoms. The van der Waals surface area contributed by atoms with E-state index in [1.807, 2.05) is 4.90 Å². The third kappa shape index (κ3) is 4.46. The summed E-state index contributed by atoms with van der Waals surface area (Å²) in [4.78, 5) is 37.2. The lowest BCUT2D eigenvalue weighted by Gasteiger charge is -2.35. The fourth-order valence-electron chi connectivity index (χ4n) is 6.21. The molecule has 0 bridgehead atoms. The fraction of sp³-hybridized carbons (Fsp3) is 0.379. The highest BCUT2D eigenvalue weighted by Gasteiger charge is 2.71. The van der Waals surface area contributed by atoms with Crippen LogP contribution in [0.25, 0.3) is 11.0 Å². The van der Waals surface area contributed by atoms with Crippen LogP contribution in [0.15, 0.2) is 52.6 Å². The molecule has 3 aromatic heterocycles. The van der Waals surface area contributed by atoms with E-state index >= 15 is 8.78 Å². The van der Waals surface area contributed by atoms with Crippen LogP contribution in [0.3, 0.4) is 0 Å². The number of aromatic nitrogens is 4. The van der Waals surface area contributed by atoms with Gasteiger partial charge in [-0.05, 0) is 43.9 Å². The number of benzene rings is 1. The number of fused-ring (bicyclic) bond motifs is 2. The third-order valence-corrected chi connectivity index (χ3v) is 9.64. The molecule has 1 aromatic carbocycles. The van der Waals surface area contributed by atoms with E-state index in [0.717, 1.165) is 18.9 Å². The van der Waals surface area contributed by atoms with Gasteiger partial charge in [0.2, 0.25) is 11.8 Å². The molecule has 5 heterocycles. The number of hydrogen-bond acceptors (Lipinski definition) is 10. The van der Waals surface area contributed by atoms with Gasteiger partial charge < -0.3 is 19.8 Å². The van der Waals surface area contributed by atoms with Crippen LogP contribution >= 0.6 is 11.8 Å². The summed E-state index contributed by atoms with van der Waals surface area (Å²) in [5.41, 5.74) is 7.18. The van der Waals surface area contributed by atoms with E-state index in [-0.39, 0.29) is 35.6 Å². The van der Waals surface area contributed by atoms with Crippen molar-refractivity contribution in [1.82, 2.24) is 24.8 Å². The van der Waals surface area contributed by atoms with Crippen LogP contribution in [0, 0.1) is 17.6 Å². The van der Waals surface area contributed by atoms with Gasteiger partial charge in [-0.15, -0.1) is 0 Å². The number of amidine groups is 1.